The van der Waals surface area contributed by atoms with E-state index in [-0.39, 0.29) is 35.1 Å². The fraction of sp³-hybridized carbons (Fsp3) is 0.516. The zero-order valence-corrected chi connectivity index (χ0v) is 25.6. The molecule has 0 radical (unpaired) electrons. The highest BCUT2D eigenvalue weighted by atomic mass is 79.9. The Morgan fingerprint density at radius 3 is 2.49 bits per heavy atom. The molecule has 3 heterocycles. The normalized spacial score (nSPS) is 29.0. The lowest BCUT2D eigenvalue weighted by atomic mass is 9.70. The summed E-state index contributed by atoms with van der Waals surface area (Å²) < 4.78 is 12.1. The van der Waals surface area contributed by atoms with Crippen LogP contribution in [-0.4, -0.2) is 69.6 Å². The van der Waals surface area contributed by atoms with Crippen molar-refractivity contribution in [1.82, 2.24) is 4.90 Å². The van der Waals surface area contributed by atoms with E-state index in [0.29, 0.717) is 30.2 Å². The Kier molecular flexibility index (Phi) is 8.20. The molecule has 0 aliphatic carbocycles. The number of likely N-dealkylation sites (tertiary alicyclic amines) is 1. The molecule has 10 heteroatoms. The van der Waals surface area contributed by atoms with Gasteiger partial charge in [-0.1, -0.05) is 41.9 Å². The fourth-order valence-corrected chi connectivity index (χ4v) is 7.69. The molecule has 3 amide bonds. The Morgan fingerprint density at radius 2 is 1.85 bits per heavy atom. The molecule has 9 nitrogen and oxygen atoms in total. The number of nitrogens with zero attached hydrogens (tertiary/aromatic N) is 1. The number of aliphatic hydroxyl groups is 1. The van der Waals surface area contributed by atoms with Crippen LogP contribution < -0.4 is 15.4 Å². The second-order valence-electron chi connectivity index (χ2n) is 11.7. The van der Waals surface area contributed by atoms with Gasteiger partial charge in [-0.2, -0.15) is 0 Å². The van der Waals surface area contributed by atoms with Crippen molar-refractivity contribution in [3.8, 4) is 5.75 Å². The molecule has 2 aromatic carbocycles. The van der Waals surface area contributed by atoms with Crippen LogP contribution in [0.5, 0.6) is 5.75 Å². The molecule has 7 atom stereocenters. The molecule has 220 valence electrons. The lowest BCUT2D eigenvalue weighted by molar-refractivity contribution is -0.144. The van der Waals surface area contributed by atoms with Gasteiger partial charge in [0, 0.05) is 16.2 Å². The number of carbonyl (C=O) groups excluding carboxylic acids is 3. The molecule has 3 fully saturated rings. The van der Waals surface area contributed by atoms with E-state index in [0.717, 1.165) is 11.1 Å². The number of anilines is 2. The van der Waals surface area contributed by atoms with Crippen molar-refractivity contribution in [1.29, 1.82) is 0 Å². The van der Waals surface area contributed by atoms with Crippen molar-refractivity contribution < 1.29 is 29.0 Å². The number of aliphatic hydroxyl groups excluding tert-OH is 1. The number of benzene rings is 2. The molecule has 3 aliphatic heterocycles. The number of carbonyl (C=O) groups is 3. The van der Waals surface area contributed by atoms with E-state index in [1.54, 1.807) is 24.3 Å². The summed E-state index contributed by atoms with van der Waals surface area (Å²) in [5.74, 6) is -2.20. The summed E-state index contributed by atoms with van der Waals surface area (Å²) >= 11 is 3.70. The molecule has 41 heavy (non-hydrogen) atoms. The van der Waals surface area contributed by atoms with Gasteiger partial charge >= 0.3 is 0 Å². The lowest BCUT2D eigenvalue weighted by Crippen LogP contribution is -2.57. The molecule has 1 spiro atoms. The molecule has 5 rings (SSSR count). The van der Waals surface area contributed by atoms with Gasteiger partial charge in [0.2, 0.25) is 17.7 Å². The molecule has 0 aromatic heterocycles. The SMILES string of the molecule is CCOc1ccc(NC(=O)[C@H]2[C@H]3C(=O)N([C@@H](CO)C(C)C)C(C(=O)Nc4cc(C)ccc4C)C34CC(Br)[C@@H]2O4)cc1. The van der Waals surface area contributed by atoms with Crippen LogP contribution in [0.25, 0.3) is 0 Å². The standard InChI is InChI=1S/C31H38BrN3O6/c1-6-40-20-11-9-19(10-12-20)33-28(37)24-25-30(39)35(23(15-36)16(2)3)27(31(25)14-21(32)26(24)41-31)29(38)34-22-13-17(4)7-8-18(22)5/h7-13,16,21,23-27,36H,6,14-15H2,1-5H3,(H,33,37)(H,34,38)/t21?,23-,24-,25-,26-,27?,31?/m0/s1. The average Bonchev–Trinajstić information content (AvgIpc) is 3.51. The molecule has 3 unspecified atom stereocenters. The van der Waals surface area contributed by atoms with Crippen LogP contribution >= 0.6 is 15.9 Å². The number of fused-ring (bicyclic) bond motifs is 1. The first-order valence-electron chi connectivity index (χ1n) is 14.2. The van der Waals surface area contributed by atoms with Gasteiger partial charge in [0.15, 0.2) is 0 Å². The Hall–Kier alpha value is -2.95. The Labute approximate surface area is 249 Å². The van der Waals surface area contributed by atoms with Gasteiger partial charge in [-0.3, -0.25) is 14.4 Å². The van der Waals surface area contributed by atoms with Gasteiger partial charge in [-0.05, 0) is 74.6 Å². The minimum absolute atomic E-state index is 0.136. The van der Waals surface area contributed by atoms with Crippen LogP contribution in [0.3, 0.4) is 0 Å². The second-order valence-corrected chi connectivity index (χ2v) is 12.8. The molecule has 0 saturated carbocycles. The highest BCUT2D eigenvalue weighted by Crippen LogP contribution is 2.60. The van der Waals surface area contributed by atoms with Crippen molar-refractivity contribution in [2.24, 2.45) is 17.8 Å². The maximum Gasteiger partial charge on any atom is 0.250 e. The van der Waals surface area contributed by atoms with Gasteiger partial charge in [-0.25, -0.2) is 0 Å². The zero-order valence-electron chi connectivity index (χ0n) is 24.0. The summed E-state index contributed by atoms with van der Waals surface area (Å²) in [5, 5.41) is 16.4. The van der Waals surface area contributed by atoms with Crippen molar-refractivity contribution in [3.05, 3.63) is 53.6 Å². The number of amides is 3. The first kappa shape index (κ1) is 29.5. The van der Waals surface area contributed by atoms with Crippen molar-refractivity contribution in [3.63, 3.8) is 0 Å². The smallest absolute Gasteiger partial charge is 0.250 e. The van der Waals surface area contributed by atoms with Gasteiger partial charge in [0.1, 0.15) is 17.4 Å². The quantitative estimate of drug-likeness (QED) is 0.361. The molecule has 3 aliphatic rings. The van der Waals surface area contributed by atoms with Gasteiger partial charge < -0.3 is 30.1 Å². The summed E-state index contributed by atoms with van der Waals surface area (Å²) in [6.45, 7) is 9.78. The summed E-state index contributed by atoms with van der Waals surface area (Å²) in [6, 6.07) is 11.2. The van der Waals surface area contributed by atoms with E-state index in [9.17, 15) is 19.5 Å². The first-order chi connectivity index (χ1) is 19.5. The Morgan fingerprint density at radius 1 is 1.15 bits per heavy atom. The number of rotatable bonds is 9. The van der Waals surface area contributed by atoms with E-state index in [4.69, 9.17) is 9.47 Å². The third-order valence-electron chi connectivity index (χ3n) is 8.68. The second kappa shape index (κ2) is 11.4. The van der Waals surface area contributed by atoms with E-state index in [1.165, 1.54) is 4.90 Å². The fourth-order valence-electron chi connectivity index (χ4n) is 6.74. The van der Waals surface area contributed by atoms with Crippen LogP contribution in [-0.2, 0) is 19.1 Å². The predicted molar refractivity (Wildman–Crippen MR) is 159 cm³/mol. The predicted octanol–water partition coefficient (Wildman–Crippen LogP) is 4.04. The maximum atomic E-state index is 14.3. The lowest BCUT2D eigenvalue weighted by Gasteiger charge is -2.38. The number of alkyl halides is 1. The molecule has 2 bridgehead atoms. The maximum absolute atomic E-state index is 14.3. The van der Waals surface area contributed by atoms with E-state index in [2.05, 4.69) is 26.6 Å². The average molecular weight is 629 g/mol. The third-order valence-corrected chi connectivity index (χ3v) is 9.52. The topological polar surface area (TPSA) is 117 Å². The van der Waals surface area contributed by atoms with Gasteiger partial charge in [-0.15, -0.1) is 0 Å². The number of aryl methyl sites for hydroxylation is 2. The van der Waals surface area contributed by atoms with E-state index < -0.39 is 35.6 Å². The van der Waals surface area contributed by atoms with Crippen molar-refractivity contribution in [2.75, 3.05) is 23.8 Å². The summed E-state index contributed by atoms with van der Waals surface area (Å²) in [4.78, 5) is 43.5. The van der Waals surface area contributed by atoms with E-state index >= 15 is 0 Å². The highest BCUT2D eigenvalue weighted by Gasteiger charge is 2.77. The number of nitrogens with one attached hydrogen (secondary N) is 2. The Balaban J connectivity index is 1.51. The third kappa shape index (κ3) is 5.04. The first-order valence-corrected chi connectivity index (χ1v) is 15.1. The number of hydrogen-bond donors (Lipinski definition) is 3. The number of hydrogen-bond acceptors (Lipinski definition) is 6. The van der Waals surface area contributed by atoms with Crippen molar-refractivity contribution >= 4 is 45.0 Å². The Bertz CT molecular complexity index is 1330. The molecular weight excluding hydrogens is 590 g/mol. The van der Waals surface area contributed by atoms with Crippen LogP contribution in [0.4, 0.5) is 11.4 Å². The number of halogens is 1. The minimum atomic E-state index is -1.22. The molecule has 3 N–H and O–H groups in total. The minimum Gasteiger partial charge on any atom is -0.494 e. The van der Waals surface area contributed by atoms with E-state index in [1.807, 2.05) is 52.8 Å². The van der Waals surface area contributed by atoms with Crippen LogP contribution in [0.15, 0.2) is 42.5 Å². The summed E-state index contributed by atoms with van der Waals surface area (Å²) in [7, 11) is 0. The summed E-state index contributed by atoms with van der Waals surface area (Å²) in [6.07, 6.45) is -0.199. The van der Waals surface area contributed by atoms with Crippen LogP contribution in [0.1, 0.15) is 38.3 Å². The molecule has 3 saturated heterocycles. The largest absolute Gasteiger partial charge is 0.494 e. The van der Waals surface area contributed by atoms with Crippen LogP contribution in [0, 0.1) is 31.6 Å². The molecule has 2 aromatic rings. The van der Waals surface area contributed by atoms with Gasteiger partial charge in [0.25, 0.3) is 0 Å². The monoisotopic (exact) mass is 627 g/mol. The number of ether oxygens (including phenoxy) is 2. The molecular formula is C31H38BrN3O6. The highest BCUT2D eigenvalue weighted by molar-refractivity contribution is 9.09. The van der Waals surface area contributed by atoms with Crippen LogP contribution in [0.2, 0.25) is 0 Å². The van der Waals surface area contributed by atoms with Crippen molar-refractivity contribution in [2.45, 2.75) is 69.7 Å². The zero-order chi connectivity index (χ0) is 29.6. The van der Waals surface area contributed by atoms with Gasteiger partial charge in [0.05, 0.1) is 37.2 Å². The summed E-state index contributed by atoms with van der Waals surface area (Å²) in [5.41, 5.74) is 1.88.